The van der Waals surface area contributed by atoms with Crippen molar-refractivity contribution in [1.29, 1.82) is 0 Å². The van der Waals surface area contributed by atoms with Crippen LogP contribution in [0.5, 0.6) is 0 Å². The topological polar surface area (TPSA) is 40.5 Å². The molecular formula is C16H31NO2. The number of Topliss-reactive ketones (excluding diaryl/α,β-unsaturated/α-hetero) is 1. The van der Waals surface area contributed by atoms with Crippen LogP contribution in [0, 0.1) is 11.8 Å². The van der Waals surface area contributed by atoms with Crippen molar-refractivity contribution in [3.05, 3.63) is 0 Å². The molecule has 19 heavy (non-hydrogen) atoms. The molecule has 1 aliphatic carbocycles. The first-order valence-electron chi connectivity index (χ1n) is 8.07. The van der Waals surface area contributed by atoms with E-state index >= 15 is 0 Å². The van der Waals surface area contributed by atoms with E-state index in [1.54, 1.807) is 0 Å². The molecule has 0 saturated heterocycles. The smallest absolute Gasteiger partial charge is 0.137 e. The van der Waals surface area contributed by atoms with Gasteiger partial charge in [-0.3, -0.25) is 4.79 Å². The first-order chi connectivity index (χ1) is 9.21. The molecule has 1 aliphatic rings. The largest absolute Gasteiger partial charge is 0.395 e. The van der Waals surface area contributed by atoms with Crippen molar-refractivity contribution in [2.24, 2.45) is 11.8 Å². The number of carbonyl (C=O) groups excluding carboxylic acids is 1. The predicted molar refractivity (Wildman–Crippen MR) is 79.2 cm³/mol. The van der Waals surface area contributed by atoms with Crippen molar-refractivity contribution < 1.29 is 9.90 Å². The Balaban J connectivity index is 2.47. The molecule has 1 rings (SSSR count). The van der Waals surface area contributed by atoms with Crippen molar-refractivity contribution in [3.8, 4) is 0 Å². The predicted octanol–water partition coefficient (Wildman–Crippen LogP) is 2.87. The summed E-state index contributed by atoms with van der Waals surface area (Å²) >= 11 is 0. The standard InChI is InChI=1S/C16H31NO2/c1-3-5-9-17(10-11-18)13-15-12-14(6-4-2)7-8-16(15)19/h14-15,18H,3-13H2,1-2H3. The van der Waals surface area contributed by atoms with Crippen LogP contribution in [0.2, 0.25) is 0 Å². The highest BCUT2D eigenvalue weighted by molar-refractivity contribution is 5.81. The number of carbonyl (C=O) groups is 1. The van der Waals surface area contributed by atoms with Crippen LogP contribution in [0.25, 0.3) is 0 Å². The summed E-state index contributed by atoms with van der Waals surface area (Å²) in [6.07, 6.45) is 7.74. The molecule has 112 valence electrons. The summed E-state index contributed by atoms with van der Waals surface area (Å²) in [7, 11) is 0. The Morgan fingerprint density at radius 3 is 2.68 bits per heavy atom. The molecule has 0 heterocycles. The van der Waals surface area contributed by atoms with E-state index in [1.807, 2.05) is 0 Å². The number of nitrogens with zero attached hydrogens (tertiary/aromatic N) is 1. The first kappa shape index (κ1) is 16.6. The quantitative estimate of drug-likeness (QED) is 0.699. The zero-order valence-corrected chi connectivity index (χ0v) is 12.7. The second-order valence-electron chi connectivity index (χ2n) is 5.97. The molecule has 2 unspecified atom stereocenters. The Morgan fingerprint density at radius 2 is 2.05 bits per heavy atom. The maximum atomic E-state index is 12.1. The SMILES string of the molecule is CCCCN(CCO)CC1CC(CCC)CCC1=O. The molecule has 1 fully saturated rings. The van der Waals surface area contributed by atoms with Gasteiger partial charge in [-0.2, -0.15) is 0 Å². The summed E-state index contributed by atoms with van der Waals surface area (Å²) in [4.78, 5) is 14.3. The van der Waals surface area contributed by atoms with Crippen molar-refractivity contribution >= 4 is 5.78 Å². The van der Waals surface area contributed by atoms with Crippen LogP contribution in [0.1, 0.15) is 58.8 Å². The maximum Gasteiger partial charge on any atom is 0.137 e. The fourth-order valence-corrected chi connectivity index (χ4v) is 3.18. The molecule has 3 nitrogen and oxygen atoms in total. The molecule has 0 aromatic carbocycles. The minimum absolute atomic E-state index is 0.197. The monoisotopic (exact) mass is 269 g/mol. The van der Waals surface area contributed by atoms with Gasteiger partial charge in [0.1, 0.15) is 5.78 Å². The number of ketones is 1. The summed E-state index contributed by atoms with van der Waals surface area (Å²) in [5.41, 5.74) is 0. The zero-order valence-electron chi connectivity index (χ0n) is 12.7. The lowest BCUT2D eigenvalue weighted by atomic mass is 9.78. The Labute approximate surface area is 118 Å². The van der Waals surface area contributed by atoms with Gasteiger partial charge in [-0.05, 0) is 31.7 Å². The molecule has 0 aromatic rings. The van der Waals surface area contributed by atoms with Gasteiger partial charge in [0.15, 0.2) is 0 Å². The minimum atomic E-state index is 0.197. The summed E-state index contributed by atoms with van der Waals surface area (Å²) < 4.78 is 0. The van der Waals surface area contributed by atoms with Crippen molar-refractivity contribution in [2.75, 3.05) is 26.2 Å². The van der Waals surface area contributed by atoms with Crippen LogP contribution in [0.3, 0.4) is 0 Å². The molecule has 0 aliphatic heterocycles. The molecule has 0 amide bonds. The van der Waals surface area contributed by atoms with Gasteiger partial charge in [0, 0.05) is 25.4 Å². The van der Waals surface area contributed by atoms with Gasteiger partial charge < -0.3 is 10.0 Å². The average molecular weight is 269 g/mol. The normalized spacial score (nSPS) is 24.1. The Morgan fingerprint density at radius 1 is 1.26 bits per heavy atom. The van der Waals surface area contributed by atoms with E-state index in [0.717, 1.165) is 44.7 Å². The van der Waals surface area contributed by atoms with Crippen LogP contribution in [0.15, 0.2) is 0 Å². The molecular weight excluding hydrogens is 238 g/mol. The first-order valence-corrected chi connectivity index (χ1v) is 8.07. The van der Waals surface area contributed by atoms with Crippen molar-refractivity contribution in [1.82, 2.24) is 4.90 Å². The second-order valence-corrected chi connectivity index (χ2v) is 5.97. The van der Waals surface area contributed by atoms with Gasteiger partial charge in [0.05, 0.1) is 6.61 Å². The molecule has 3 heteroatoms. The second kappa shape index (κ2) is 9.49. The van der Waals surface area contributed by atoms with Gasteiger partial charge in [-0.1, -0.05) is 33.1 Å². The summed E-state index contributed by atoms with van der Waals surface area (Å²) in [6, 6.07) is 0. The lowest BCUT2D eigenvalue weighted by Crippen LogP contribution is -2.38. The molecule has 1 N–H and O–H groups in total. The van der Waals surface area contributed by atoms with Crippen LogP contribution >= 0.6 is 0 Å². The van der Waals surface area contributed by atoms with Crippen LogP contribution in [0.4, 0.5) is 0 Å². The number of unbranched alkanes of at least 4 members (excludes halogenated alkanes) is 1. The molecule has 0 spiro atoms. The Kier molecular flexibility index (Phi) is 8.31. The van der Waals surface area contributed by atoms with E-state index in [1.165, 1.54) is 19.3 Å². The third-order valence-electron chi connectivity index (χ3n) is 4.29. The lowest BCUT2D eigenvalue weighted by molar-refractivity contribution is -0.126. The van der Waals surface area contributed by atoms with E-state index in [0.29, 0.717) is 12.3 Å². The van der Waals surface area contributed by atoms with Gasteiger partial charge in [0.25, 0.3) is 0 Å². The van der Waals surface area contributed by atoms with E-state index in [9.17, 15) is 4.79 Å². The highest BCUT2D eigenvalue weighted by atomic mass is 16.3. The van der Waals surface area contributed by atoms with Crippen molar-refractivity contribution in [3.63, 3.8) is 0 Å². The third kappa shape index (κ3) is 6.05. The fraction of sp³-hybridized carbons (Fsp3) is 0.938. The summed E-state index contributed by atoms with van der Waals surface area (Å²) in [5.74, 6) is 1.41. The number of aliphatic hydroxyl groups excluding tert-OH is 1. The van der Waals surface area contributed by atoms with Gasteiger partial charge >= 0.3 is 0 Å². The lowest BCUT2D eigenvalue weighted by Gasteiger charge is -2.32. The number of hydrogen-bond acceptors (Lipinski definition) is 3. The molecule has 0 radical (unpaired) electrons. The van der Waals surface area contributed by atoms with Gasteiger partial charge in [-0.25, -0.2) is 0 Å². The summed E-state index contributed by atoms with van der Waals surface area (Å²) in [5, 5.41) is 9.14. The van der Waals surface area contributed by atoms with Gasteiger partial charge in [-0.15, -0.1) is 0 Å². The number of hydrogen-bond donors (Lipinski definition) is 1. The van der Waals surface area contributed by atoms with Crippen LogP contribution in [-0.2, 0) is 4.79 Å². The Bertz CT molecular complexity index is 255. The number of rotatable bonds is 9. The summed E-state index contributed by atoms with van der Waals surface area (Å²) in [6.45, 7) is 7.19. The average Bonchev–Trinajstić information content (AvgIpc) is 2.40. The van der Waals surface area contributed by atoms with E-state index in [2.05, 4.69) is 18.7 Å². The number of aliphatic hydroxyl groups is 1. The molecule has 0 aromatic heterocycles. The third-order valence-corrected chi connectivity index (χ3v) is 4.29. The Hall–Kier alpha value is -0.410. The highest BCUT2D eigenvalue weighted by Gasteiger charge is 2.29. The molecule has 2 atom stereocenters. The minimum Gasteiger partial charge on any atom is -0.395 e. The zero-order chi connectivity index (χ0) is 14.1. The van der Waals surface area contributed by atoms with Crippen LogP contribution < -0.4 is 0 Å². The maximum absolute atomic E-state index is 12.1. The van der Waals surface area contributed by atoms with Crippen LogP contribution in [-0.4, -0.2) is 42.0 Å². The van der Waals surface area contributed by atoms with E-state index < -0.39 is 0 Å². The fourth-order valence-electron chi connectivity index (χ4n) is 3.18. The highest BCUT2D eigenvalue weighted by Crippen LogP contribution is 2.30. The van der Waals surface area contributed by atoms with Crippen molar-refractivity contribution in [2.45, 2.75) is 58.8 Å². The van der Waals surface area contributed by atoms with E-state index in [4.69, 9.17) is 5.11 Å². The van der Waals surface area contributed by atoms with E-state index in [-0.39, 0.29) is 12.5 Å². The molecule has 1 saturated carbocycles. The molecule has 0 bridgehead atoms. The van der Waals surface area contributed by atoms with Gasteiger partial charge in [0.2, 0.25) is 0 Å².